The minimum atomic E-state index is -0.281. The van der Waals surface area contributed by atoms with Gasteiger partial charge in [0.2, 0.25) is 5.91 Å². The molecule has 0 aromatic heterocycles. The van der Waals surface area contributed by atoms with Crippen molar-refractivity contribution in [3.05, 3.63) is 24.3 Å². The van der Waals surface area contributed by atoms with E-state index in [4.69, 9.17) is 0 Å². The largest absolute Gasteiger partial charge is 0.392 e. The second kappa shape index (κ2) is 6.22. The number of likely N-dealkylation sites (tertiary alicyclic amines) is 1. The first-order chi connectivity index (χ1) is 8.69. The summed E-state index contributed by atoms with van der Waals surface area (Å²) >= 11 is 1.61. The number of aliphatic hydroxyl groups excluding tert-OH is 1. The van der Waals surface area contributed by atoms with Gasteiger partial charge in [0, 0.05) is 18.0 Å². The van der Waals surface area contributed by atoms with Crippen LogP contribution in [-0.2, 0) is 4.79 Å². The topological polar surface area (TPSA) is 52.6 Å². The van der Waals surface area contributed by atoms with E-state index >= 15 is 0 Å². The van der Waals surface area contributed by atoms with Crippen LogP contribution >= 0.6 is 11.8 Å². The van der Waals surface area contributed by atoms with Gasteiger partial charge < -0.3 is 10.4 Å². The van der Waals surface area contributed by atoms with Gasteiger partial charge in [-0.25, -0.2) is 0 Å². The number of para-hydroxylation sites is 1. The molecule has 18 heavy (non-hydrogen) atoms. The molecule has 1 amide bonds. The van der Waals surface area contributed by atoms with Crippen molar-refractivity contribution < 1.29 is 9.90 Å². The molecule has 98 valence electrons. The minimum Gasteiger partial charge on any atom is -0.392 e. The number of anilines is 1. The average Bonchev–Trinajstić information content (AvgIpc) is 2.75. The molecule has 0 radical (unpaired) electrons. The molecule has 0 saturated carbocycles. The van der Waals surface area contributed by atoms with Crippen molar-refractivity contribution in [2.24, 2.45) is 0 Å². The van der Waals surface area contributed by atoms with Crippen LogP contribution in [0, 0.1) is 0 Å². The standard InChI is InChI=1S/C13H18N2O2S/c1-18-12-5-3-2-4-11(12)14-13(17)9-15-7-6-10(16)8-15/h2-5,10,16H,6-9H2,1H3,(H,14,17). The van der Waals surface area contributed by atoms with Crippen molar-refractivity contribution in [3.8, 4) is 0 Å². The molecule has 5 heteroatoms. The van der Waals surface area contributed by atoms with Gasteiger partial charge in [0.05, 0.1) is 18.3 Å². The van der Waals surface area contributed by atoms with Gasteiger partial charge in [0.1, 0.15) is 0 Å². The van der Waals surface area contributed by atoms with E-state index in [2.05, 4.69) is 5.32 Å². The van der Waals surface area contributed by atoms with Crippen molar-refractivity contribution in [1.82, 2.24) is 4.90 Å². The van der Waals surface area contributed by atoms with Crippen LogP contribution in [0.2, 0.25) is 0 Å². The van der Waals surface area contributed by atoms with Crippen molar-refractivity contribution in [2.75, 3.05) is 31.2 Å². The number of rotatable bonds is 4. The van der Waals surface area contributed by atoms with Crippen LogP contribution in [0.1, 0.15) is 6.42 Å². The Hall–Kier alpha value is -1.04. The molecule has 1 aliphatic heterocycles. The van der Waals surface area contributed by atoms with E-state index in [0.717, 1.165) is 23.5 Å². The number of nitrogens with zero attached hydrogens (tertiary/aromatic N) is 1. The summed E-state index contributed by atoms with van der Waals surface area (Å²) in [6.07, 6.45) is 2.47. The van der Waals surface area contributed by atoms with Crippen molar-refractivity contribution in [2.45, 2.75) is 17.4 Å². The number of thioether (sulfide) groups is 1. The summed E-state index contributed by atoms with van der Waals surface area (Å²) in [5.74, 6) is -0.0226. The molecule has 4 nitrogen and oxygen atoms in total. The summed E-state index contributed by atoms with van der Waals surface area (Å²) in [7, 11) is 0. The summed E-state index contributed by atoms with van der Waals surface area (Å²) in [5.41, 5.74) is 0.856. The molecule has 1 unspecified atom stereocenters. The molecule has 1 aliphatic rings. The highest BCUT2D eigenvalue weighted by molar-refractivity contribution is 7.98. The van der Waals surface area contributed by atoms with Gasteiger partial charge in [-0.1, -0.05) is 12.1 Å². The van der Waals surface area contributed by atoms with E-state index in [1.165, 1.54) is 0 Å². The predicted molar refractivity (Wildman–Crippen MR) is 73.9 cm³/mol. The first-order valence-electron chi connectivity index (χ1n) is 6.02. The van der Waals surface area contributed by atoms with Gasteiger partial charge in [0.25, 0.3) is 0 Å². The number of benzene rings is 1. The highest BCUT2D eigenvalue weighted by atomic mass is 32.2. The van der Waals surface area contributed by atoms with Gasteiger partial charge in [0.15, 0.2) is 0 Å². The van der Waals surface area contributed by atoms with Gasteiger partial charge >= 0.3 is 0 Å². The molecule has 0 spiro atoms. The molecule has 1 heterocycles. The number of nitrogens with one attached hydrogen (secondary N) is 1. The number of aliphatic hydroxyl groups is 1. The lowest BCUT2D eigenvalue weighted by molar-refractivity contribution is -0.117. The highest BCUT2D eigenvalue weighted by Gasteiger charge is 2.22. The Morgan fingerprint density at radius 2 is 2.33 bits per heavy atom. The molecule has 0 aliphatic carbocycles. The minimum absolute atomic E-state index is 0.0226. The molecule has 2 rings (SSSR count). The van der Waals surface area contributed by atoms with Crippen LogP contribution in [0.3, 0.4) is 0 Å². The Morgan fingerprint density at radius 1 is 1.56 bits per heavy atom. The molecular formula is C13H18N2O2S. The van der Waals surface area contributed by atoms with Crippen molar-refractivity contribution >= 4 is 23.4 Å². The quantitative estimate of drug-likeness (QED) is 0.809. The number of amides is 1. The fraction of sp³-hybridized carbons (Fsp3) is 0.462. The van der Waals surface area contributed by atoms with Crippen molar-refractivity contribution in [3.63, 3.8) is 0 Å². The average molecular weight is 266 g/mol. The van der Waals surface area contributed by atoms with Gasteiger partial charge in [-0.2, -0.15) is 0 Å². The molecule has 1 atom stereocenters. The Labute approximate surface area is 111 Å². The van der Waals surface area contributed by atoms with Crippen LogP contribution in [0.15, 0.2) is 29.2 Å². The third kappa shape index (κ3) is 3.48. The van der Waals surface area contributed by atoms with E-state index in [0.29, 0.717) is 13.1 Å². The Balaban J connectivity index is 1.91. The maximum Gasteiger partial charge on any atom is 0.238 e. The van der Waals surface area contributed by atoms with Gasteiger partial charge in [-0.05, 0) is 24.8 Å². The Bertz CT molecular complexity index is 425. The van der Waals surface area contributed by atoms with Crippen LogP contribution in [0.5, 0.6) is 0 Å². The molecule has 0 bridgehead atoms. The van der Waals surface area contributed by atoms with Crippen LogP contribution < -0.4 is 5.32 Å². The number of carbonyl (C=O) groups is 1. The zero-order valence-corrected chi connectivity index (χ0v) is 11.2. The molecule has 1 aromatic carbocycles. The summed E-state index contributed by atoms with van der Waals surface area (Å²) < 4.78 is 0. The second-order valence-electron chi connectivity index (χ2n) is 4.43. The number of carbonyl (C=O) groups excluding carboxylic acids is 1. The maximum absolute atomic E-state index is 11.9. The lowest BCUT2D eigenvalue weighted by Crippen LogP contribution is -2.32. The first kappa shape index (κ1) is 13.4. The summed E-state index contributed by atoms with van der Waals surface area (Å²) in [4.78, 5) is 14.9. The Morgan fingerprint density at radius 3 is 3.00 bits per heavy atom. The SMILES string of the molecule is CSc1ccccc1NC(=O)CN1CCC(O)C1. The molecule has 2 N–H and O–H groups in total. The van der Waals surface area contributed by atoms with Gasteiger partial charge in [-0.3, -0.25) is 9.69 Å². The second-order valence-corrected chi connectivity index (χ2v) is 5.27. The molecule has 1 aromatic rings. The van der Waals surface area contributed by atoms with E-state index in [9.17, 15) is 9.90 Å². The molecule has 1 fully saturated rings. The first-order valence-corrected chi connectivity index (χ1v) is 7.25. The van der Waals surface area contributed by atoms with E-state index < -0.39 is 0 Å². The van der Waals surface area contributed by atoms with Crippen LogP contribution in [0.4, 0.5) is 5.69 Å². The third-order valence-corrected chi connectivity index (χ3v) is 3.79. The monoisotopic (exact) mass is 266 g/mol. The third-order valence-electron chi connectivity index (χ3n) is 3.00. The summed E-state index contributed by atoms with van der Waals surface area (Å²) in [6, 6.07) is 7.76. The zero-order chi connectivity index (χ0) is 13.0. The van der Waals surface area contributed by atoms with E-state index in [1.807, 2.05) is 35.4 Å². The highest BCUT2D eigenvalue weighted by Crippen LogP contribution is 2.24. The molecular weight excluding hydrogens is 248 g/mol. The fourth-order valence-electron chi connectivity index (χ4n) is 2.10. The normalized spacial score (nSPS) is 20.0. The lowest BCUT2D eigenvalue weighted by Gasteiger charge is -2.15. The number of β-amino-alcohol motifs (C(OH)–C–C–N with tert-alkyl or cyclic N) is 1. The number of hydrogen-bond donors (Lipinski definition) is 2. The fourth-order valence-corrected chi connectivity index (χ4v) is 2.65. The summed E-state index contributed by atoms with van der Waals surface area (Å²) in [6.45, 7) is 1.73. The number of hydrogen-bond acceptors (Lipinski definition) is 4. The zero-order valence-electron chi connectivity index (χ0n) is 10.4. The summed E-state index contributed by atoms with van der Waals surface area (Å²) in [5, 5.41) is 12.3. The molecule has 1 saturated heterocycles. The van der Waals surface area contributed by atoms with Crippen LogP contribution in [0.25, 0.3) is 0 Å². The predicted octanol–water partition coefficient (Wildman–Crippen LogP) is 1.41. The maximum atomic E-state index is 11.9. The van der Waals surface area contributed by atoms with E-state index in [1.54, 1.807) is 11.8 Å². The Kier molecular flexibility index (Phi) is 4.63. The lowest BCUT2D eigenvalue weighted by atomic mass is 10.3. The van der Waals surface area contributed by atoms with E-state index in [-0.39, 0.29) is 12.0 Å². The van der Waals surface area contributed by atoms with Gasteiger partial charge in [-0.15, -0.1) is 11.8 Å². The smallest absolute Gasteiger partial charge is 0.238 e. The van der Waals surface area contributed by atoms with Crippen LogP contribution in [-0.4, -0.2) is 47.9 Å². The van der Waals surface area contributed by atoms with Crippen molar-refractivity contribution in [1.29, 1.82) is 0 Å².